The fraction of sp³-hybridized carbons (Fsp3) is 0.222. The van der Waals surface area contributed by atoms with Gasteiger partial charge in [0.15, 0.2) is 0 Å². The molecule has 0 unspecified atom stereocenters. The van der Waals surface area contributed by atoms with Crippen LogP contribution in [-0.4, -0.2) is 21.0 Å². The van der Waals surface area contributed by atoms with Crippen LogP contribution in [0.1, 0.15) is 18.1 Å². The Balaban J connectivity index is 2.13. The first-order valence-corrected chi connectivity index (χ1v) is 7.66. The first-order chi connectivity index (χ1) is 11.1. The quantitative estimate of drug-likeness (QED) is 0.618. The number of fused-ring (bicyclic) bond motifs is 4. The van der Waals surface area contributed by atoms with Gasteiger partial charge >= 0.3 is 0 Å². The topological polar surface area (TPSA) is 59.4 Å². The van der Waals surface area contributed by atoms with Crippen molar-refractivity contribution in [2.75, 3.05) is 6.61 Å². The Hall–Kier alpha value is -2.82. The summed E-state index contributed by atoms with van der Waals surface area (Å²) in [6, 6.07) is 9.47. The molecule has 5 nitrogen and oxygen atoms in total. The molecule has 23 heavy (non-hydrogen) atoms. The lowest BCUT2D eigenvalue weighted by molar-refractivity contribution is 0.340. The Labute approximate surface area is 132 Å². The van der Waals surface area contributed by atoms with Gasteiger partial charge in [0.05, 0.1) is 28.5 Å². The third kappa shape index (κ3) is 2.00. The van der Waals surface area contributed by atoms with Gasteiger partial charge in [0.25, 0.3) is 5.56 Å². The van der Waals surface area contributed by atoms with Crippen LogP contribution in [0.3, 0.4) is 0 Å². The van der Waals surface area contributed by atoms with E-state index in [1.165, 1.54) is 5.56 Å². The van der Waals surface area contributed by atoms with E-state index < -0.39 is 0 Å². The average Bonchev–Trinajstić information content (AvgIpc) is 2.85. The normalized spacial score (nSPS) is 11.6. The SMILES string of the molecule is CCOc1ccc2c(=O)n3c(nc2c1)[nH]c1cc(C)c(C)cc13. The zero-order valence-corrected chi connectivity index (χ0v) is 13.3. The molecule has 2 heterocycles. The Morgan fingerprint density at radius 2 is 1.96 bits per heavy atom. The molecule has 0 aliphatic carbocycles. The van der Waals surface area contributed by atoms with Crippen LogP contribution in [-0.2, 0) is 0 Å². The van der Waals surface area contributed by atoms with E-state index >= 15 is 0 Å². The summed E-state index contributed by atoms with van der Waals surface area (Å²) >= 11 is 0. The van der Waals surface area contributed by atoms with E-state index in [-0.39, 0.29) is 5.56 Å². The molecule has 5 heteroatoms. The highest BCUT2D eigenvalue weighted by Crippen LogP contribution is 2.22. The van der Waals surface area contributed by atoms with Crippen molar-refractivity contribution in [1.82, 2.24) is 14.4 Å². The molecule has 0 bridgehead atoms. The van der Waals surface area contributed by atoms with E-state index in [4.69, 9.17) is 4.74 Å². The number of nitrogens with zero attached hydrogens (tertiary/aromatic N) is 2. The van der Waals surface area contributed by atoms with E-state index in [2.05, 4.69) is 23.0 Å². The average molecular weight is 307 g/mol. The zero-order valence-electron chi connectivity index (χ0n) is 13.3. The molecule has 2 aromatic carbocycles. The standard InChI is InChI=1S/C18H17N3O2/c1-4-23-12-5-6-13-14(9-12)19-18-20-15-7-10(2)11(3)8-16(15)21(18)17(13)22/h5-9H,4H2,1-3H3,(H,19,20). The van der Waals surface area contributed by atoms with Crippen LogP contribution in [0.4, 0.5) is 0 Å². The van der Waals surface area contributed by atoms with Crippen molar-refractivity contribution in [3.8, 4) is 5.75 Å². The van der Waals surface area contributed by atoms with Gasteiger partial charge in [-0.1, -0.05) is 0 Å². The molecule has 0 spiro atoms. The number of hydrogen-bond acceptors (Lipinski definition) is 3. The molecule has 0 atom stereocenters. The van der Waals surface area contributed by atoms with E-state index in [9.17, 15) is 4.79 Å². The summed E-state index contributed by atoms with van der Waals surface area (Å²) in [5.41, 5.74) is 4.68. The van der Waals surface area contributed by atoms with Gasteiger partial charge < -0.3 is 9.72 Å². The third-order valence-corrected chi connectivity index (χ3v) is 4.25. The van der Waals surface area contributed by atoms with Gasteiger partial charge in [-0.3, -0.25) is 4.79 Å². The van der Waals surface area contributed by atoms with Crippen LogP contribution in [0.2, 0.25) is 0 Å². The molecule has 0 aliphatic rings. The smallest absolute Gasteiger partial charge is 0.267 e. The molecule has 0 saturated heterocycles. The monoisotopic (exact) mass is 307 g/mol. The van der Waals surface area contributed by atoms with Crippen molar-refractivity contribution in [1.29, 1.82) is 0 Å². The van der Waals surface area contributed by atoms with Gasteiger partial charge in [0, 0.05) is 6.07 Å². The first-order valence-electron chi connectivity index (χ1n) is 7.66. The van der Waals surface area contributed by atoms with Crippen molar-refractivity contribution < 1.29 is 4.74 Å². The zero-order chi connectivity index (χ0) is 16.1. The molecule has 0 amide bonds. The lowest BCUT2D eigenvalue weighted by Crippen LogP contribution is -2.14. The maximum absolute atomic E-state index is 12.9. The molecule has 4 aromatic rings. The fourth-order valence-electron chi connectivity index (χ4n) is 2.94. The van der Waals surface area contributed by atoms with Crippen molar-refractivity contribution >= 4 is 27.7 Å². The van der Waals surface area contributed by atoms with Crippen molar-refractivity contribution in [3.63, 3.8) is 0 Å². The second kappa shape index (κ2) is 4.84. The molecule has 0 fully saturated rings. The number of nitrogens with one attached hydrogen (secondary N) is 1. The van der Waals surface area contributed by atoms with Gasteiger partial charge in [-0.05, 0) is 56.2 Å². The minimum Gasteiger partial charge on any atom is -0.494 e. The van der Waals surface area contributed by atoms with Gasteiger partial charge in [-0.2, -0.15) is 0 Å². The number of ether oxygens (including phenoxy) is 1. The maximum Gasteiger partial charge on any atom is 0.267 e. The molecule has 2 aromatic heterocycles. The number of H-pyrrole nitrogens is 1. The number of rotatable bonds is 2. The molecular formula is C18H17N3O2. The second-order valence-corrected chi connectivity index (χ2v) is 5.77. The Morgan fingerprint density at radius 1 is 1.17 bits per heavy atom. The molecule has 4 rings (SSSR count). The van der Waals surface area contributed by atoms with Gasteiger partial charge in [-0.15, -0.1) is 0 Å². The molecular weight excluding hydrogens is 290 g/mol. The highest BCUT2D eigenvalue weighted by atomic mass is 16.5. The summed E-state index contributed by atoms with van der Waals surface area (Å²) < 4.78 is 7.14. The van der Waals surface area contributed by atoms with Crippen LogP contribution in [0, 0.1) is 13.8 Å². The molecule has 0 aliphatic heterocycles. The van der Waals surface area contributed by atoms with Crippen molar-refractivity contribution in [3.05, 3.63) is 51.8 Å². The van der Waals surface area contributed by atoms with E-state index in [0.717, 1.165) is 22.3 Å². The largest absolute Gasteiger partial charge is 0.494 e. The lowest BCUT2D eigenvalue weighted by atomic mass is 10.1. The van der Waals surface area contributed by atoms with Crippen LogP contribution < -0.4 is 10.3 Å². The Kier molecular flexibility index (Phi) is 2.91. The third-order valence-electron chi connectivity index (χ3n) is 4.25. The van der Waals surface area contributed by atoms with Crippen molar-refractivity contribution in [2.24, 2.45) is 0 Å². The van der Waals surface area contributed by atoms with Gasteiger partial charge in [0.2, 0.25) is 5.78 Å². The molecule has 1 N–H and O–H groups in total. The maximum atomic E-state index is 12.9. The van der Waals surface area contributed by atoms with Crippen molar-refractivity contribution in [2.45, 2.75) is 20.8 Å². The van der Waals surface area contributed by atoms with Gasteiger partial charge in [0.1, 0.15) is 5.75 Å². The first kappa shape index (κ1) is 13.8. The highest BCUT2D eigenvalue weighted by molar-refractivity contribution is 5.86. The van der Waals surface area contributed by atoms with E-state index in [1.54, 1.807) is 10.5 Å². The van der Waals surface area contributed by atoms with Crippen LogP contribution in [0.25, 0.3) is 27.7 Å². The number of aromatic nitrogens is 3. The summed E-state index contributed by atoms with van der Waals surface area (Å²) in [6.07, 6.45) is 0. The lowest BCUT2D eigenvalue weighted by Gasteiger charge is -2.04. The molecule has 0 saturated carbocycles. The van der Waals surface area contributed by atoms with E-state index in [1.807, 2.05) is 32.0 Å². The minimum atomic E-state index is -0.0671. The van der Waals surface area contributed by atoms with Crippen LogP contribution in [0.15, 0.2) is 35.1 Å². The molecule has 0 radical (unpaired) electrons. The summed E-state index contributed by atoms with van der Waals surface area (Å²) in [4.78, 5) is 20.7. The van der Waals surface area contributed by atoms with Crippen LogP contribution >= 0.6 is 0 Å². The number of imidazole rings is 1. The summed E-state index contributed by atoms with van der Waals surface area (Å²) in [5, 5.41) is 0.588. The summed E-state index contributed by atoms with van der Waals surface area (Å²) in [5.74, 6) is 1.27. The number of aryl methyl sites for hydroxylation is 2. The number of hydrogen-bond donors (Lipinski definition) is 1. The summed E-state index contributed by atoms with van der Waals surface area (Å²) in [6.45, 7) is 6.61. The van der Waals surface area contributed by atoms with E-state index in [0.29, 0.717) is 23.3 Å². The van der Waals surface area contributed by atoms with Gasteiger partial charge in [-0.25, -0.2) is 9.38 Å². The summed E-state index contributed by atoms with van der Waals surface area (Å²) in [7, 11) is 0. The fourth-order valence-corrected chi connectivity index (χ4v) is 2.94. The highest BCUT2D eigenvalue weighted by Gasteiger charge is 2.12. The number of aromatic amines is 1. The molecule has 116 valence electrons. The second-order valence-electron chi connectivity index (χ2n) is 5.77. The van der Waals surface area contributed by atoms with Crippen LogP contribution in [0.5, 0.6) is 5.75 Å². The Bertz CT molecular complexity index is 1120. The predicted octanol–water partition coefficient (Wildman–Crippen LogP) is 3.34. The minimum absolute atomic E-state index is 0.0671. The Morgan fingerprint density at radius 3 is 2.74 bits per heavy atom. The predicted molar refractivity (Wildman–Crippen MR) is 91.5 cm³/mol. The number of benzene rings is 2.